The molecule has 0 aromatic heterocycles. The zero-order valence-electron chi connectivity index (χ0n) is 14.1. The second-order valence-electron chi connectivity index (χ2n) is 5.75. The van der Waals surface area contributed by atoms with Gasteiger partial charge in [-0.1, -0.05) is 26.2 Å². The quantitative estimate of drug-likeness (QED) is 0.234. The van der Waals surface area contributed by atoms with Gasteiger partial charge in [-0.05, 0) is 44.5 Å². The van der Waals surface area contributed by atoms with Crippen molar-refractivity contribution in [3.8, 4) is 5.75 Å². The number of hydrogen-bond acceptors (Lipinski definition) is 6. The van der Waals surface area contributed by atoms with Gasteiger partial charge in [-0.2, -0.15) is 4.89 Å². The van der Waals surface area contributed by atoms with Crippen LogP contribution in [0.1, 0.15) is 56.8 Å². The van der Waals surface area contributed by atoms with Crippen molar-refractivity contribution in [2.45, 2.75) is 52.1 Å². The molecule has 6 nitrogen and oxygen atoms in total. The molecule has 0 spiro atoms. The Morgan fingerprint density at radius 2 is 1.74 bits per heavy atom. The van der Waals surface area contributed by atoms with Gasteiger partial charge in [0.2, 0.25) is 0 Å². The van der Waals surface area contributed by atoms with Gasteiger partial charge in [-0.15, -0.1) is 0 Å². The highest BCUT2D eigenvalue weighted by atomic mass is 17.2. The van der Waals surface area contributed by atoms with Crippen LogP contribution in [0.3, 0.4) is 0 Å². The number of rotatable bonds is 8. The number of methoxy groups -OCH3 is 1. The molecular formula is C17H24O6. The SMILES string of the molecule is CCCCCC(C)(C)OOC(=O)Oc1ccc(C(=O)OC)cc1. The Labute approximate surface area is 136 Å². The molecule has 6 heteroatoms. The maximum Gasteiger partial charge on any atom is 0.546 e. The van der Waals surface area contributed by atoms with Gasteiger partial charge in [0.1, 0.15) is 11.4 Å². The number of esters is 1. The molecule has 0 amide bonds. The number of carbonyl (C=O) groups excluding carboxylic acids is 2. The normalized spacial score (nSPS) is 11.0. The van der Waals surface area contributed by atoms with E-state index in [1.165, 1.54) is 31.4 Å². The minimum absolute atomic E-state index is 0.245. The van der Waals surface area contributed by atoms with E-state index in [2.05, 4.69) is 16.5 Å². The van der Waals surface area contributed by atoms with Crippen molar-refractivity contribution < 1.29 is 28.8 Å². The summed E-state index contributed by atoms with van der Waals surface area (Å²) in [6.45, 7) is 5.81. The summed E-state index contributed by atoms with van der Waals surface area (Å²) in [5, 5.41) is 0. The summed E-state index contributed by atoms with van der Waals surface area (Å²) in [6.07, 6.45) is 3.03. The van der Waals surface area contributed by atoms with Crippen LogP contribution in [-0.2, 0) is 14.5 Å². The topological polar surface area (TPSA) is 71.1 Å². The molecule has 1 aromatic carbocycles. The summed E-state index contributed by atoms with van der Waals surface area (Å²) in [6, 6.07) is 5.92. The molecule has 1 rings (SSSR count). The molecule has 0 bridgehead atoms. The number of hydrogen-bond donors (Lipinski definition) is 0. The van der Waals surface area contributed by atoms with E-state index in [0.29, 0.717) is 5.56 Å². The molecule has 23 heavy (non-hydrogen) atoms. The zero-order chi connectivity index (χ0) is 17.3. The summed E-state index contributed by atoms with van der Waals surface area (Å²) in [7, 11) is 1.30. The molecule has 0 N–H and O–H groups in total. The molecule has 0 atom stereocenters. The molecule has 0 aliphatic heterocycles. The van der Waals surface area contributed by atoms with Crippen molar-refractivity contribution >= 4 is 12.1 Å². The second kappa shape index (κ2) is 9.15. The highest BCUT2D eigenvalue weighted by Crippen LogP contribution is 2.20. The Kier molecular flexibility index (Phi) is 7.54. The smallest absolute Gasteiger partial charge is 0.465 e. The average molecular weight is 324 g/mol. The summed E-state index contributed by atoms with van der Waals surface area (Å²) >= 11 is 0. The third-order valence-corrected chi connectivity index (χ3v) is 3.19. The molecule has 128 valence electrons. The van der Waals surface area contributed by atoms with Crippen LogP contribution in [-0.4, -0.2) is 24.8 Å². The van der Waals surface area contributed by atoms with Crippen LogP contribution >= 0.6 is 0 Å². The fraction of sp³-hybridized carbons (Fsp3) is 0.529. The van der Waals surface area contributed by atoms with E-state index in [0.717, 1.165) is 25.7 Å². The third-order valence-electron chi connectivity index (χ3n) is 3.19. The van der Waals surface area contributed by atoms with Crippen molar-refractivity contribution in [2.24, 2.45) is 0 Å². The Bertz CT molecular complexity index is 506. The standard InChI is InChI=1S/C17H24O6/c1-5-6-7-12-17(2,3)23-22-16(19)21-14-10-8-13(9-11-14)15(18)20-4/h8-11H,5-7,12H2,1-4H3. The molecule has 1 aromatic rings. The van der Waals surface area contributed by atoms with Gasteiger partial charge >= 0.3 is 12.1 Å². The van der Waals surface area contributed by atoms with E-state index in [-0.39, 0.29) is 5.75 Å². The lowest BCUT2D eigenvalue weighted by molar-refractivity contribution is -0.314. The van der Waals surface area contributed by atoms with E-state index in [1.807, 2.05) is 13.8 Å². The molecule has 0 aliphatic rings. The van der Waals surface area contributed by atoms with Crippen LogP contribution in [0.4, 0.5) is 4.79 Å². The highest BCUT2D eigenvalue weighted by molar-refractivity contribution is 5.89. The van der Waals surface area contributed by atoms with Crippen LogP contribution in [0.2, 0.25) is 0 Å². The largest absolute Gasteiger partial charge is 0.546 e. The first-order valence-corrected chi connectivity index (χ1v) is 7.64. The fourth-order valence-electron chi connectivity index (χ4n) is 1.88. The Morgan fingerprint density at radius 1 is 1.09 bits per heavy atom. The Balaban J connectivity index is 2.43. The predicted molar refractivity (Wildman–Crippen MR) is 84.2 cm³/mol. The second-order valence-corrected chi connectivity index (χ2v) is 5.75. The predicted octanol–water partition coefficient (Wildman–Crippen LogP) is 4.28. The van der Waals surface area contributed by atoms with Gasteiger partial charge in [0.25, 0.3) is 0 Å². The van der Waals surface area contributed by atoms with E-state index >= 15 is 0 Å². The molecule has 0 saturated carbocycles. The first-order valence-electron chi connectivity index (χ1n) is 7.64. The molecule has 0 heterocycles. The third kappa shape index (κ3) is 7.15. The number of carbonyl (C=O) groups is 2. The van der Waals surface area contributed by atoms with Crippen LogP contribution in [0.5, 0.6) is 5.75 Å². The first-order chi connectivity index (χ1) is 10.9. The fourth-order valence-corrected chi connectivity index (χ4v) is 1.88. The van der Waals surface area contributed by atoms with Crippen molar-refractivity contribution in [1.82, 2.24) is 0 Å². The van der Waals surface area contributed by atoms with Crippen LogP contribution in [0, 0.1) is 0 Å². The van der Waals surface area contributed by atoms with Gasteiger partial charge < -0.3 is 9.47 Å². The minimum atomic E-state index is -0.959. The first kappa shape index (κ1) is 19.0. The molecule has 0 aliphatic carbocycles. The van der Waals surface area contributed by atoms with Crippen molar-refractivity contribution in [3.05, 3.63) is 29.8 Å². The van der Waals surface area contributed by atoms with Crippen molar-refractivity contribution in [2.75, 3.05) is 7.11 Å². The lowest BCUT2D eigenvalue weighted by Crippen LogP contribution is -2.27. The maximum absolute atomic E-state index is 11.6. The van der Waals surface area contributed by atoms with Gasteiger partial charge in [-0.25, -0.2) is 9.59 Å². The summed E-state index contributed by atoms with van der Waals surface area (Å²) in [5.74, 6) is -0.216. The lowest BCUT2D eigenvalue weighted by Gasteiger charge is -2.22. The van der Waals surface area contributed by atoms with E-state index in [4.69, 9.17) is 9.62 Å². The molecule has 0 unspecified atom stereocenters. The number of benzene rings is 1. The molecule has 0 fully saturated rings. The van der Waals surface area contributed by atoms with E-state index in [9.17, 15) is 9.59 Å². The van der Waals surface area contributed by atoms with Gasteiger partial charge in [-0.3, -0.25) is 4.89 Å². The lowest BCUT2D eigenvalue weighted by atomic mass is 10.0. The Hall–Kier alpha value is -2.08. The molecular weight excluding hydrogens is 300 g/mol. The Morgan fingerprint density at radius 3 is 2.30 bits per heavy atom. The van der Waals surface area contributed by atoms with Gasteiger partial charge in [0.15, 0.2) is 0 Å². The van der Waals surface area contributed by atoms with Crippen LogP contribution in [0.15, 0.2) is 24.3 Å². The van der Waals surface area contributed by atoms with E-state index in [1.54, 1.807) is 0 Å². The van der Waals surface area contributed by atoms with Gasteiger partial charge in [0.05, 0.1) is 12.7 Å². The van der Waals surface area contributed by atoms with Crippen LogP contribution < -0.4 is 4.74 Å². The molecule has 0 saturated heterocycles. The van der Waals surface area contributed by atoms with Gasteiger partial charge in [0, 0.05) is 0 Å². The summed E-state index contributed by atoms with van der Waals surface area (Å²) in [5.41, 5.74) is -0.204. The number of ether oxygens (including phenoxy) is 2. The highest BCUT2D eigenvalue weighted by Gasteiger charge is 2.22. The van der Waals surface area contributed by atoms with E-state index < -0.39 is 17.7 Å². The monoisotopic (exact) mass is 324 g/mol. The summed E-state index contributed by atoms with van der Waals surface area (Å²) < 4.78 is 9.55. The molecule has 0 radical (unpaired) electrons. The maximum atomic E-state index is 11.6. The average Bonchev–Trinajstić information content (AvgIpc) is 2.53. The van der Waals surface area contributed by atoms with Crippen molar-refractivity contribution in [3.63, 3.8) is 0 Å². The van der Waals surface area contributed by atoms with Crippen molar-refractivity contribution in [1.29, 1.82) is 0 Å². The zero-order valence-corrected chi connectivity index (χ0v) is 14.1. The summed E-state index contributed by atoms with van der Waals surface area (Å²) in [4.78, 5) is 32.7. The van der Waals surface area contributed by atoms with Crippen LogP contribution in [0.25, 0.3) is 0 Å². The minimum Gasteiger partial charge on any atom is -0.465 e. The number of unbranched alkanes of at least 4 members (excludes halogenated alkanes) is 2.